The van der Waals surface area contributed by atoms with Crippen LogP contribution < -0.4 is 10.1 Å². The van der Waals surface area contributed by atoms with Crippen molar-refractivity contribution < 1.29 is 31.9 Å². The molecule has 1 atom stereocenters. The van der Waals surface area contributed by atoms with Gasteiger partial charge in [-0.05, 0) is 97.8 Å². The summed E-state index contributed by atoms with van der Waals surface area (Å²) < 4.78 is 56.9. The maximum atomic E-state index is 13.5. The Labute approximate surface area is 230 Å². The van der Waals surface area contributed by atoms with E-state index in [-0.39, 0.29) is 29.8 Å². The van der Waals surface area contributed by atoms with Gasteiger partial charge in [0.2, 0.25) is 0 Å². The predicted octanol–water partition coefficient (Wildman–Crippen LogP) is 6.79. The van der Waals surface area contributed by atoms with Crippen LogP contribution in [0, 0.1) is 17.7 Å². The minimum absolute atomic E-state index is 0.00394. The Hall–Kier alpha value is -3.72. The highest BCUT2D eigenvalue weighted by Gasteiger charge is 2.34. The molecule has 1 aliphatic heterocycles. The number of ether oxygens (including phenoxy) is 1. The molecule has 3 aromatic rings. The summed E-state index contributed by atoms with van der Waals surface area (Å²) in [7, 11) is 0. The van der Waals surface area contributed by atoms with Gasteiger partial charge < -0.3 is 10.1 Å². The van der Waals surface area contributed by atoms with Crippen molar-refractivity contribution in [3.63, 3.8) is 0 Å². The predicted molar refractivity (Wildman–Crippen MR) is 141 cm³/mol. The number of carbonyl (C=O) groups is 2. The van der Waals surface area contributed by atoms with E-state index in [1.165, 1.54) is 18.2 Å². The third-order valence-electron chi connectivity index (χ3n) is 7.73. The Morgan fingerprint density at radius 3 is 2.42 bits per heavy atom. The highest BCUT2D eigenvalue weighted by atomic mass is 19.4. The lowest BCUT2D eigenvalue weighted by atomic mass is 9.85. The summed E-state index contributed by atoms with van der Waals surface area (Å²) in [6.07, 6.45) is -1.72. The summed E-state index contributed by atoms with van der Waals surface area (Å²) in [5, 5.41) is 2.52. The first kappa shape index (κ1) is 27.8. The second-order valence-electron chi connectivity index (χ2n) is 10.6. The van der Waals surface area contributed by atoms with Crippen molar-refractivity contribution in [1.82, 2.24) is 10.2 Å². The van der Waals surface area contributed by atoms with Crippen LogP contribution in [0.1, 0.15) is 51.9 Å². The van der Waals surface area contributed by atoms with Gasteiger partial charge in [0.15, 0.2) is 5.78 Å². The minimum Gasteiger partial charge on any atom is -0.410 e. The summed E-state index contributed by atoms with van der Waals surface area (Å²) >= 11 is 0. The van der Waals surface area contributed by atoms with Gasteiger partial charge in [-0.3, -0.25) is 9.69 Å². The number of benzene rings is 3. The van der Waals surface area contributed by atoms with Crippen LogP contribution >= 0.6 is 0 Å². The van der Waals surface area contributed by atoms with E-state index >= 15 is 0 Å². The molecule has 1 saturated heterocycles. The van der Waals surface area contributed by atoms with Gasteiger partial charge in [0.1, 0.15) is 11.6 Å². The largest absolute Gasteiger partial charge is 0.416 e. The highest BCUT2D eigenvalue weighted by molar-refractivity contribution is 6.02. The number of ketones is 1. The molecule has 3 aromatic carbocycles. The standard InChI is InChI=1S/C31H30F4N2O3/c32-26-3-1-2-22(15-26)19-37-12-10-20(11-13-37)14-24-16-23-6-9-27(17-28(23)29(24)38)40-30(39)36-18-21-4-7-25(8-5-21)31(33,34)35/h1-9,15,17,20,24H,10-14,16,18-19H2,(H,36,39). The van der Waals surface area contributed by atoms with Crippen LogP contribution in [0.4, 0.5) is 22.4 Å². The van der Waals surface area contributed by atoms with Gasteiger partial charge in [-0.2, -0.15) is 13.2 Å². The Morgan fingerprint density at radius 1 is 0.975 bits per heavy atom. The van der Waals surface area contributed by atoms with Crippen molar-refractivity contribution in [3.8, 4) is 5.75 Å². The summed E-state index contributed by atoms with van der Waals surface area (Å²) in [5.74, 6) is 0.424. The van der Waals surface area contributed by atoms with Gasteiger partial charge in [0.05, 0.1) is 5.56 Å². The zero-order valence-electron chi connectivity index (χ0n) is 21.8. The maximum absolute atomic E-state index is 13.5. The van der Waals surface area contributed by atoms with Crippen LogP contribution in [0.15, 0.2) is 66.7 Å². The van der Waals surface area contributed by atoms with Crippen LogP contribution in [-0.2, 0) is 25.7 Å². The maximum Gasteiger partial charge on any atom is 0.416 e. The molecule has 1 fully saturated rings. The van der Waals surface area contributed by atoms with Crippen molar-refractivity contribution in [2.45, 2.75) is 44.9 Å². The average Bonchev–Trinajstić information content (AvgIpc) is 3.23. The molecule has 40 heavy (non-hydrogen) atoms. The molecular formula is C31H30F4N2O3. The molecule has 0 bridgehead atoms. The first-order valence-electron chi connectivity index (χ1n) is 13.4. The molecule has 0 saturated carbocycles. The van der Waals surface area contributed by atoms with Gasteiger partial charge in [0, 0.05) is 24.6 Å². The number of Topliss-reactive ketones (excluding diaryl/α,β-unsaturated/α-hetero) is 1. The minimum atomic E-state index is -4.42. The normalized spacial score (nSPS) is 18.0. The third-order valence-corrected chi connectivity index (χ3v) is 7.73. The summed E-state index contributed by atoms with van der Waals surface area (Å²) in [5.41, 5.74) is 2.21. The van der Waals surface area contributed by atoms with Crippen LogP contribution in [0.5, 0.6) is 5.75 Å². The van der Waals surface area contributed by atoms with Crippen LogP contribution in [0.25, 0.3) is 0 Å². The first-order chi connectivity index (χ1) is 19.1. The number of carbonyl (C=O) groups excluding carboxylic acids is 2. The molecular weight excluding hydrogens is 524 g/mol. The van der Waals surface area contributed by atoms with E-state index in [1.54, 1.807) is 24.3 Å². The number of halogens is 4. The molecule has 1 amide bonds. The zero-order valence-corrected chi connectivity index (χ0v) is 21.8. The lowest BCUT2D eigenvalue weighted by Gasteiger charge is -2.33. The van der Waals surface area contributed by atoms with Crippen LogP contribution in [-0.4, -0.2) is 29.9 Å². The first-order valence-corrected chi connectivity index (χ1v) is 13.4. The van der Waals surface area contributed by atoms with Gasteiger partial charge in [-0.25, -0.2) is 9.18 Å². The van der Waals surface area contributed by atoms with Crippen molar-refractivity contribution >= 4 is 11.9 Å². The average molecular weight is 555 g/mol. The Kier molecular flexibility index (Phi) is 8.21. The molecule has 2 aliphatic rings. The Bertz CT molecular complexity index is 1370. The van der Waals surface area contributed by atoms with E-state index in [9.17, 15) is 27.2 Å². The number of hydrogen-bond acceptors (Lipinski definition) is 4. The van der Waals surface area contributed by atoms with E-state index in [0.717, 1.165) is 62.2 Å². The third kappa shape index (κ3) is 6.88. The lowest BCUT2D eigenvalue weighted by molar-refractivity contribution is -0.137. The van der Waals surface area contributed by atoms with Gasteiger partial charge >= 0.3 is 12.3 Å². The van der Waals surface area contributed by atoms with Gasteiger partial charge in [0.25, 0.3) is 0 Å². The topological polar surface area (TPSA) is 58.6 Å². The number of amides is 1. The van der Waals surface area contributed by atoms with Crippen molar-refractivity contribution in [2.75, 3.05) is 13.1 Å². The van der Waals surface area contributed by atoms with E-state index in [4.69, 9.17) is 4.74 Å². The molecule has 1 heterocycles. The number of fused-ring (bicyclic) bond motifs is 1. The number of rotatable bonds is 7. The summed E-state index contributed by atoms with van der Waals surface area (Å²) in [6.45, 7) is 2.55. The summed E-state index contributed by atoms with van der Waals surface area (Å²) in [4.78, 5) is 27.8. The smallest absolute Gasteiger partial charge is 0.410 e. The molecule has 210 valence electrons. The fourth-order valence-electron chi connectivity index (χ4n) is 5.60. The van der Waals surface area contributed by atoms with Gasteiger partial charge in [-0.1, -0.05) is 30.3 Å². The molecule has 1 N–H and O–H groups in total. The van der Waals surface area contributed by atoms with E-state index in [1.807, 2.05) is 12.1 Å². The van der Waals surface area contributed by atoms with Crippen molar-refractivity contribution in [1.29, 1.82) is 0 Å². The summed E-state index contributed by atoms with van der Waals surface area (Å²) in [6, 6.07) is 16.3. The molecule has 9 heteroatoms. The molecule has 5 nitrogen and oxygen atoms in total. The van der Waals surface area contributed by atoms with E-state index < -0.39 is 17.8 Å². The van der Waals surface area contributed by atoms with Crippen LogP contribution in [0.2, 0.25) is 0 Å². The number of likely N-dealkylation sites (tertiary alicyclic amines) is 1. The van der Waals surface area contributed by atoms with E-state index in [0.29, 0.717) is 23.5 Å². The quantitative estimate of drug-likeness (QED) is 0.327. The monoisotopic (exact) mass is 554 g/mol. The number of nitrogens with zero attached hydrogens (tertiary/aromatic N) is 1. The lowest BCUT2D eigenvalue weighted by Crippen LogP contribution is -2.34. The molecule has 0 spiro atoms. The van der Waals surface area contributed by atoms with Crippen molar-refractivity contribution in [2.24, 2.45) is 11.8 Å². The van der Waals surface area contributed by atoms with Crippen LogP contribution in [0.3, 0.4) is 0 Å². The highest BCUT2D eigenvalue weighted by Crippen LogP contribution is 2.36. The Morgan fingerprint density at radius 2 is 1.73 bits per heavy atom. The fourth-order valence-corrected chi connectivity index (χ4v) is 5.60. The SMILES string of the molecule is O=C(NCc1ccc(C(F)(F)F)cc1)Oc1ccc2c(c1)C(=O)C(CC1CCN(Cc3cccc(F)c3)CC1)C2. The molecule has 0 radical (unpaired) electrons. The fraction of sp³-hybridized carbons (Fsp3) is 0.355. The number of nitrogens with one attached hydrogen (secondary N) is 1. The number of piperidine rings is 1. The molecule has 0 aromatic heterocycles. The Balaban J connectivity index is 1.09. The van der Waals surface area contributed by atoms with E-state index in [2.05, 4.69) is 10.2 Å². The van der Waals surface area contributed by atoms with Gasteiger partial charge in [-0.15, -0.1) is 0 Å². The molecule has 5 rings (SSSR count). The number of alkyl halides is 3. The zero-order chi connectivity index (χ0) is 28.3. The number of hydrogen-bond donors (Lipinski definition) is 1. The second-order valence-corrected chi connectivity index (χ2v) is 10.6. The van der Waals surface area contributed by atoms with Crippen molar-refractivity contribution in [3.05, 3.63) is 100 Å². The molecule has 1 aliphatic carbocycles. The molecule has 1 unspecified atom stereocenters. The second kappa shape index (κ2) is 11.8.